The van der Waals surface area contributed by atoms with Gasteiger partial charge in [0.05, 0.1) is 11.4 Å². The second-order valence-electron chi connectivity index (χ2n) is 7.85. The van der Waals surface area contributed by atoms with Gasteiger partial charge in [-0.15, -0.1) is 12.4 Å². The Hall–Kier alpha value is -1.31. The zero-order valence-electron chi connectivity index (χ0n) is 15.6. The first-order valence-electron chi connectivity index (χ1n) is 8.78. The van der Waals surface area contributed by atoms with E-state index in [0.29, 0.717) is 37.3 Å². The number of likely N-dealkylation sites (tertiary alicyclic amines) is 1. The fourth-order valence-electron chi connectivity index (χ4n) is 3.69. The molecule has 2 aliphatic heterocycles. The molecule has 8 heteroatoms. The molecule has 0 spiro atoms. The highest BCUT2D eigenvalue weighted by molar-refractivity contribution is 7.93. The Morgan fingerprint density at radius 3 is 2.50 bits per heavy atom. The van der Waals surface area contributed by atoms with Crippen LogP contribution in [0.15, 0.2) is 18.2 Å². The van der Waals surface area contributed by atoms with Gasteiger partial charge in [-0.25, -0.2) is 8.42 Å². The first-order valence-corrected chi connectivity index (χ1v) is 10.4. The Morgan fingerprint density at radius 2 is 1.96 bits per heavy atom. The molecule has 1 atom stereocenters. The van der Waals surface area contributed by atoms with Crippen molar-refractivity contribution in [2.24, 2.45) is 11.1 Å². The lowest BCUT2D eigenvalue weighted by molar-refractivity contribution is 0.0532. The highest BCUT2D eigenvalue weighted by Gasteiger charge is 2.36. The Balaban J connectivity index is 0.00000243. The maximum absolute atomic E-state index is 12.9. The van der Waals surface area contributed by atoms with Gasteiger partial charge >= 0.3 is 0 Å². The Labute approximate surface area is 162 Å². The van der Waals surface area contributed by atoms with Gasteiger partial charge in [-0.05, 0) is 48.9 Å². The standard InChI is InChI=1S/C18H27N3O3S.ClH/c1-13-11-14(21-8-4-10-25(21,23)24)5-6-15(13)17(22)20-9-7-16(19)18(2,3)12-20;/h5-6,11,16H,4,7-10,12,19H2,1-3H3;1H. The van der Waals surface area contributed by atoms with Crippen LogP contribution in [0.2, 0.25) is 0 Å². The van der Waals surface area contributed by atoms with Crippen molar-refractivity contribution in [2.75, 3.05) is 29.7 Å². The molecule has 2 saturated heterocycles. The molecule has 1 amide bonds. The number of anilines is 1. The van der Waals surface area contributed by atoms with E-state index in [1.165, 1.54) is 4.31 Å². The monoisotopic (exact) mass is 401 g/mol. The van der Waals surface area contributed by atoms with E-state index in [1.54, 1.807) is 18.2 Å². The van der Waals surface area contributed by atoms with Crippen LogP contribution in [-0.4, -0.2) is 50.7 Å². The molecule has 2 aliphatic rings. The number of nitrogens with zero attached hydrogens (tertiary/aromatic N) is 2. The minimum absolute atomic E-state index is 0. The van der Waals surface area contributed by atoms with E-state index in [2.05, 4.69) is 13.8 Å². The van der Waals surface area contributed by atoms with Crippen molar-refractivity contribution in [1.82, 2.24) is 4.90 Å². The third-order valence-electron chi connectivity index (χ3n) is 5.43. The minimum Gasteiger partial charge on any atom is -0.338 e. The summed E-state index contributed by atoms with van der Waals surface area (Å²) < 4.78 is 25.6. The van der Waals surface area contributed by atoms with Gasteiger partial charge in [0.25, 0.3) is 5.91 Å². The molecule has 2 fully saturated rings. The molecule has 0 saturated carbocycles. The average Bonchev–Trinajstić information content (AvgIpc) is 2.88. The number of aryl methyl sites for hydroxylation is 1. The third-order valence-corrected chi connectivity index (χ3v) is 7.30. The number of hydrogen-bond donors (Lipinski definition) is 1. The highest BCUT2D eigenvalue weighted by atomic mass is 35.5. The molecular weight excluding hydrogens is 374 g/mol. The molecule has 2 heterocycles. The topological polar surface area (TPSA) is 83.7 Å². The number of nitrogens with two attached hydrogens (primary N) is 1. The van der Waals surface area contributed by atoms with Gasteiger partial charge in [-0.3, -0.25) is 9.10 Å². The van der Waals surface area contributed by atoms with E-state index >= 15 is 0 Å². The summed E-state index contributed by atoms with van der Waals surface area (Å²) in [6.07, 6.45) is 1.44. The summed E-state index contributed by atoms with van der Waals surface area (Å²) in [7, 11) is -3.21. The van der Waals surface area contributed by atoms with Gasteiger partial charge in [0, 0.05) is 31.2 Å². The quantitative estimate of drug-likeness (QED) is 0.822. The average molecular weight is 402 g/mol. The van der Waals surface area contributed by atoms with Gasteiger partial charge in [0.1, 0.15) is 0 Å². The van der Waals surface area contributed by atoms with Crippen LogP contribution in [0.3, 0.4) is 0 Å². The minimum atomic E-state index is -3.21. The summed E-state index contributed by atoms with van der Waals surface area (Å²) in [4.78, 5) is 14.8. The fourth-order valence-corrected chi connectivity index (χ4v) is 5.25. The SMILES string of the molecule is Cc1cc(N2CCCS2(=O)=O)ccc1C(=O)N1CCC(N)C(C)(C)C1.Cl. The number of hydrogen-bond acceptors (Lipinski definition) is 4. The summed E-state index contributed by atoms with van der Waals surface area (Å²) in [5, 5.41) is 0. The van der Waals surface area contributed by atoms with Crippen molar-refractivity contribution < 1.29 is 13.2 Å². The molecule has 3 rings (SSSR count). The summed E-state index contributed by atoms with van der Waals surface area (Å²) in [6, 6.07) is 5.39. The van der Waals surface area contributed by atoms with E-state index in [1.807, 2.05) is 11.8 Å². The molecule has 26 heavy (non-hydrogen) atoms. The number of benzene rings is 1. The van der Waals surface area contributed by atoms with Crippen LogP contribution in [0.5, 0.6) is 0 Å². The smallest absolute Gasteiger partial charge is 0.254 e. The van der Waals surface area contributed by atoms with Crippen LogP contribution >= 0.6 is 12.4 Å². The molecule has 2 N–H and O–H groups in total. The van der Waals surface area contributed by atoms with Gasteiger partial charge in [0.2, 0.25) is 10.0 Å². The van der Waals surface area contributed by atoms with Gasteiger partial charge in [0.15, 0.2) is 0 Å². The molecule has 6 nitrogen and oxygen atoms in total. The third kappa shape index (κ3) is 3.85. The number of piperidine rings is 1. The number of sulfonamides is 1. The van der Waals surface area contributed by atoms with E-state index < -0.39 is 10.0 Å². The molecule has 0 radical (unpaired) electrons. The second-order valence-corrected chi connectivity index (χ2v) is 9.86. The highest BCUT2D eigenvalue weighted by Crippen LogP contribution is 2.30. The molecule has 1 aromatic rings. The second kappa shape index (κ2) is 7.37. The van der Waals surface area contributed by atoms with Crippen molar-refractivity contribution in [1.29, 1.82) is 0 Å². The number of halogens is 1. The number of rotatable bonds is 2. The van der Waals surface area contributed by atoms with Crippen molar-refractivity contribution in [3.63, 3.8) is 0 Å². The van der Waals surface area contributed by atoms with Crippen molar-refractivity contribution in [3.05, 3.63) is 29.3 Å². The lowest BCUT2D eigenvalue weighted by Crippen LogP contribution is -2.54. The van der Waals surface area contributed by atoms with Crippen LogP contribution in [0.25, 0.3) is 0 Å². The molecule has 1 aromatic carbocycles. The Kier molecular flexibility index (Phi) is 5.95. The number of carbonyl (C=O) groups is 1. The van der Waals surface area contributed by atoms with Gasteiger partial charge in [-0.1, -0.05) is 13.8 Å². The van der Waals surface area contributed by atoms with Crippen LogP contribution in [0, 0.1) is 12.3 Å². The van der Waals surface area contributed by atoms with Gasteiger partial charge in [-0.2, -0.15) is 0 Å². The first kappa shape index (κ1) is 21.0. The maximum atomic E-state index is 12.9. The van der Waals surface area contributed by atoms with E-state index in [-0.39, 0.29) is 35.5 Å². The molecule has 0 bridgehead atoms. The van der Waals surface area contributed by atoms with Crippen molar-refractivity contribution in [2.45, 2.75) is 39.7 Å². The van der Waals surface area contributed by atoms with Crippen LogP contribution in [0.1, 0.15) is 42.6 Å². The lowest BCUT2D eigenvalue weighted by Gasteiger charge is -2.42. The number of carbonyl (C=O) groups excluding carboxylic acids is 1. The predicted molar refractivity (Wildman–Crippen MR) is 106 cm³/mol. The van der Waals surface area contributed by atoms with E-state index in [9.17, 15) is 13.2 Å². The summed E-state index contributed by atoms with van der Waals surface area (Å²) in [5.74, 6) is 0.184. The predicted octanol–water partition coefficient (Wildman–Crippen LogP) is 2.16. The largest absolute Gasteiger partial charge is 0.338 e. The Bertz CT molecular complexity index is 795. The molecule has 0 aromatic heterocycles. The Morgan fingerprint density at radius 1 is 1.27 bits per heavy atom. The van der Waals surface area contributed by atoms with Crippen molar-refractivity contribution in [3.8, 4) is 0 Å². The summed E-state index contributed by atoms with van der Waals surface area (Å²) in [5.41, 5.74) is 8.13. The zero-order valence-corrected chi connectivity index (χ0v) is 17.2. The van der Waals surface area contributed by atoms with Gasteiger partial charge < -0.3 is 10.6 Å². The van der Waals surface area contributed by atoms with Crippen molar-refractivity contribution >= 4 is 34.0 Å². The molecule has 146 valence electrons. The fraction of sp³-hybridized carbons (Fsp3) is 0.611. The first-order chi connectivity index (χ1) is 11.6. The molecular formula is C18H28ClN3O3S. The zero-order chi connectivity index (χ0) is 18.4. The summed E-state index contributed by atoms with van der Waals surface area (Å²) >= 11 is 0. The van der Waals surface area contributed by atoms with Crippen LogP contribution in [0.4, 0.5) is 5.69 Å². The normalized spacial score (nSPS) is 24.2. The van der Waals surface area contributed by atoms with E-state index in [0.717, 1.165) is 12.0 Å². The van der Waals surface area contributed by atoms with Crippen LogP contribution < -0.4 is 10.0 Å². The number of amides is 1. The molecule has 0 aliphatic carbocycles. The summed E-state index contributed by atoms with van der Waals surface area (Å²) in [6.45, 7) is 7.84. The van der Waals surface area contributed by atoms with Crippen LogP contribution in [-0.2, 0) is 10.0 Å². The maximum Gasteiger partial charge on any atom is 0.254 e. The lowest BCUT2D eigenvalue weighted by atomic mass is 9.79. The van der Waals surface area contributed by atoms with E-state index in [4.69, 9.17) is 5.73 Å². The molecule has 1 unspecified atom stereocenters.